The monoisotopic (exact) mass is 246 g/mol. The third kappa shape index (κ3) is 2.01. The molecule has 0 amide bonds. The van der Waals surface area contributed by atoms with Gasteiger partial charge in [-0.1, -0.05) is 43.0 Å². The lowest BCUT2D eigenvalue weighted by atomic mass is 10.0. The number of hydrogen-bond acceptors (Lipinski definition) is 2. The SMILES string of the molecule is C=CC=C1C(=CC)P(C)(=O)Oc2ccccc21. The summed E-state index contributed by atoms with van der Waals surface area (Å²) >= 11 is 0. The largest absolute Gasteiger partial charge is 0.439 e. The molecule has 0 aromatic heterocycles. The summed E-state index contributed by atoms with van der Waals surface area (Å²) in [5.41, 5.74) is 1.91. The van der Waals surface area contributed by atoms with Crippen LogP contribution < -0.4 is 4.52 Å². The fourth-order valence-corrected chi connectivity index (χ4v) is 3.78. The molecule has 0 bridgehead atoms. The molecule has 3 heteroatoms. The van der Waals surface area contributed by atoms with Crippen LogP contribution in [0.1, 0.15) is 12.5 Å². The lowest BCUT2D eigenvalue weighted by molar-refractivity contribution is 0.492. The first-order chi connectivity index (χ1) is 8.10. The Bertz CT molecular complexity index is 567. The zero-order chi connectivity index (χ0) is 12.5. The van der Waals surface area contributed by atoms with Crippen molar-refractivity contribution in [1.82, 2.24) is 0 Å². The highest BCUT2D eigenvalue weighted by Crippen LogP contribution is 2.61. The van der Waals surface area contributed by atoms with E-state index in [0.717, 1.165) is 16.5 Å². The zero-order valence-corrected chi connectivity index (χ0v) is 10.9. The van der Waals surface area contributed by atoms with Crippen molar-refractivity contribution in [3.8, 4) is 5.75 Å². The molecule has 0 aliphatic carbocycles. The minimum absolute atomic E-state index is 0.678. The maximum Gasteiger partial charge on any atom is 0.274 e. The van der Waals surface area contributed by atoms with E-state index < -0.39 is 7.37 Å². The van der Waals surface area contributed by atoms with Crippen LogP contribution in [-0.4, -0.2) is 6.66 Å². The molecular weight excluding hydrogens is 231 g/mol. The minimum Gasteiger partial charge on any atom is -0.439 e. The molecule has 1 aromatic carbocycles. The van der Waals surface area contributed by atoms with E-state index in [4.69, 9.17) is 4.52 Å². The van der Waals surface area contributed by atoms with Gasteiger partial charge in [-0.2, -0.15) is 0 Å². The molecule has 1 atom stereocenters. The Hall–Kier alpha value is -1.53. The molecule has 1 aromatic rings. The molecule has 0 fully saturated rings. The predicted molar refractivity (Wildman–Crippen MR) is 72.5 cm³/mol. The molecule has 1 aliphatic heterocycles. The first-order valence-electron chi connectivity index (χ1n) is 5.46. The molecular formula is C14H15O2P. The van der Waals surface area contributed by atoms with Crippen LogP contribution in [0.4, 0.5) is 0 Å². The number of benzene rings is 1. The lowest BCUT2D eigenvalue weighted by Crippen LogP contribution is -2.06. The molecule has 1 unspecified atom stereocenters. The summed E-state index contributed by atoms with van der Waals surface area (Å²) < 4.78 is 18.1. The first kappa shape index (κ1) is 11.9. The van der Waals surface area contributed by atoms with Crippen molar-refractivity contribution >= 4 is 12.9 Å². The highest BCUT2D eigenvalue weighted by Gasteiger charge is 2.33. The van der Waals surface area contributed by atoms with E-state index in [0.29, 0.717) is 5.75 Å². The Morgan fingerprint density at radius 3 is 2.71 bits per heavy atom. The summed E-state index contributed by atoms with van der Waals surface area (Å²) in [7, 11) is -2.77. The van der Waals surface area contributed by atoms with Crippen molar-refractivity contribution < 1.29 is 9.09 Å². The van der Waals surface area contributed by atoms with Gasteiger partial charge in [-0.05, 0) is 18.6 Å². The van der Waals surface area contributed by atoms with Crippen molar-refractivity contribution in [1.29, 1.82) is 0 Å². The van der Waals surface area contributed by atoms with Gasteiger partial charge < -0.3 is 4.52 Å². The maximum atomic E-state index is 12.5. The summed E-state index contributed by atoms with van der Waals surface area (Å²) in [4.78, 5) is 0. The predicted octanol–water partition coefficient (Wildman–Crippen LogP) is 4.46. The number of rotatable bonds is 1. The van der Waals surface area contributed by atoms with Gasteiger partial charge in [-0.25, -0.2) is 0 Å². The van der Waals surface area contributed by atoms with Crippen LogP contribution in [0.25, 0.3) is 5.57 Å². The second-order valence-electron chi connectivity index (χ2n) is 3.92. The van der Waals surface area contributed by atoms with Gasteiger partial charge >= 0.3 is 0 Å². The van der Waals surface area contributed by atoms with Crippen LogP contribution >= 0.6 is 7.37 Å². The standard InChI is InChI=1S/C14H15O2P/c1-4-8-12-11-9-6-7-10-13(11)16-17(3,15)14(12)5-2/h4-10H,1H2,2-3H3. The summed E-state index contributed by atoms with van der Waals surface area (Å²) in [6.07, 6.45) is 5.44. The van der Waals surface area contributed by atoms with Crippen LogP contribution in [0, 0.1) is 0 Å². The Morgan fingerprint density at radius 2 is 2.06 bits per heavy atom. The molecule has 17 heavy (non-hydrogen) atoms. The van der Waals surface area contributed by atoms with Gasteiger partial charge in [0.25, 0.3) is 7.37 Å². The summed E-state index contributed by atoms with van der Waals surface area (Å²) in [5, 5.41) is 0.760. The molecule has 1 aliphatic rings. The van der Waals surface area contributed by atoms with Crippen LogP contribution in [0.5, 0.6) is 5.75 Å². The van der Waals surface area contributed by atoms with Gasteiger partial charge in [0.15, 0.2) is 0 Å². The van der Waals surface area contributed by atoms with Crippen molar-refractivity contribution in [2.24, 2.45) is 0 Å². The fraction of sp³-hybridized carbons (Fsp3) is 0.143. The molecule has 88 valence electrons. The fourth-order valence-electron chi connectivity index (χ4n) is 2.05. The van der Waals surface area contributed by atoms with Crippen LogP contribution in [-0.2, 0) is 4.57 Å². The third-order valence-corrected chi connectivity index (χ3v) is 4.64. The molecule has 0 saturated heterocycles. The Labute approximate surface area is 102 Å². The van der Waals surface area contributed by atoms with E-state index in [2.05, 4.69) is 6.58 Å². The Morgan fingerprint density at radius 1 is 1.35 bits per heavy atom. The number of hydrogen-bond donors (Lipinski definition) is 0. The first-order valence-corrected chi connectivity index (χ1v) is 7.54. The molecule has 0 radical (unpaired) electrons. The van der Waals surface area contributed by atoms with Crippen molar-refractivity contribution in [2.75, 3.05) is 6.66 Å². The Kier molecular flexibility index (Phi) is 3.08. The summed E-state index contributed by atoms with van der Waals surface area (Å²) in [6.45, 7) is 7.23. The van der Waals surface area contributed by atoms with Gasteiger partial charge in [0.2, 0.25) is 0 Å². The van der Waals surface area contributed by atoms with Crippen molar-refractivity contribution in [3.05, 3.63) is 60.0 Å². The third-order valence-electron chi connectivity index (χ3n) is 2.72. The van der Waals surface area contributed by atoms with E-state index in [1.165, 1.54) is 0 Å². The van der Waals surface area contributed by atoms with Crippen LogP contribution in [0.2, 0.25) is 0 Å². The van der Waals surface area contributed by atoms with Crippen molar-refractivity contribution in [3.63, 3.8) is 0 Å². The summed E-state index contributed by atoms with van der Waals surface area (Å²) in [6, 6.07) is 7.63. The second-order valence-corrected chi connectivity index (χ2v) is 6.28. The lowest BCUT2D eigenvalue weighted by Gasteiger charge is -2.28. The average molecular weight is 246 g/mol. The van der Waals surface area contributed by atoms with Crippen LogP contribution in [0.15, 0.2) is 54.4 Å². The van der Waals surface area contributed by atoms with Gasteiger partial charge in [0.1, 0.15) is 5.75 Å². The minimum atomic E-state index is -2.77. The van der Waals surface area contributed by atoms with E-state index in [1.54, 1.807) is 12.7 Å². The Balaban J connectivity index is 2.74. The average Bonchev–Trinajstić information content (AvgIpc) is 2.28. The normalized spacial score (nSPS) is 27.6. The number of fused-ring (bicyclic) bond motifs is 1. The van der Waals surface area contributed by atoms with E-state index in [9.17, 15) is 4.57 Å². The molecule has 0 saturated carbocycles. The molecule has 2 rings (SSSR count). The molecule has 2 nitrogen and oxygen atoms in total. The van der Waals surface area contributed by atoms with Gasteiger partial charge in [0.05, 0.1) is 5.31 Å². The smallest absolute Gasteiger partial charge is 0.274 e. The van der Waals surface area contributed by atoms with Gasteiger partial charge in [-0.3, -0.25) is 4.57 Å². The van der Waals surface area contributed by atoms with Crippen LogP contribution in [0.3, 0.4) is 0 Å². The molecule has 0 spiro atoms. The summed E-state index contributed by atoms with van der Waals surface area (Å²) in [5.74, 6) is 0.678. The van der Waals surface area contributed by atoms with Gasteiger partial charge in [0, 0.05) is 12.2 Å². The number of para-hydroxylation sites is 1. The van der Waals surface area contributed by atoms with E-state index >= 15 is 0 Å². The topological polar surface area (TPSA) is 26.3 Å². The zero-order valence-electron chi connectivity index (χ0n) is 10.0. The quantitative estimate of drug-likeness (QED) is 0.684. The maximum absolute atomic E-state index is 12.5. The van der Waals surface area contributed by atoms with Crippen molar-refractivity contribution in [2.45, 2.75) is 6.92 Å². The van der Waals surface area contributed by atoms with Gasteiger partial charge in [-0.15, -0.1) is 0 Å². The second kappa shape index (κ2) is 4.38. The van der Waals surface area contributed by atoms with E-state index in [1.807, 2.05) is 43.3 Å². The number of allylic oxidation sites excluding steroid dienone is 5. The highest BCUT2D eigenvalue weighted by atomic mass is 31.2. The molecule has 1 heterocycles. The molecule has 0 N–H and O–H groups in total. The van der Waals surface area contributed by atoms with E-state index in [-0.39, 0.29) is 0 Å². The highest BCUT2D eigenvalue weighted by molar-refractivity contribution is 7.64.